The van der Waals surface area contributed by atoms with Gasteiger partial charge >= 0.3 is 0 Å². The average molecular weight is 281 g/mol. The summed E-state index contributed by atoms with van der Waals surface area (Å²) in [5.41, 5.74) is -0.684. The highest BCUT2D eigenvalue weighted by atomic mass is 16.5. The number of hydrogen-bond donors (Lipinski definition) is 1. The Hall–Kier alpha value is -0.940. The summed E-state index contributed by atoms with van der Waals surface area (Å²) in [6, 6.07) is 0. The van der Waals surface area contributed by atoms with Crippen molar-refractivity contribution in [1.29, 1.82) is 0 Å². The van der Waals surface area contributed by atoms with Gasteiger partial charge < -0.3 is 14.6 Å². The zero-order chi connectivity index (χ0) is 14.8. The summed E-state index contributed by atoms with van der Waals surface area (Å²) in [4.78, 5) is 4.64. The molecule has 0 aliphatic heterocycles. The molecule has 2 atom stereocenters. The van der Waals surface area contributed by atoms with Gasteiger partial charge in [-0.25, -0.2) is 0 Å². The number of nitrogens with zero attached hydrogens (tertiary/aromatic N) is 2. The van der Waals surface area contributed by atoms with Gasteiger partial charge in [0, 0.05) is 6.61 Å². The first-order chi connectivity index (χ1) is 9.43. The lowest BCUT2D eigenvalue weighted by Crippen LogP contribution is -2.37. The van der Waals surface area contributed by atoms with Gasteiger partial charge in [-0.05, 0) is 53.0 Å². The van der Waals surface area contributed by atoms with Crippen molar-refractivity contribution in [3.63, 3.8) is 0 Å². The fourth-order valence-corrected chi connectivity index (χ4v) is 2.95. The minimum atomic E-state index is -0.363. The second kappa shape index (κ2) is 5.82. The fourth-order valence-electron chi connectivity index (χ4n) is 2.95. The van der Waals surface area contributed by atoms with Crippen LogP contribution in [0.1, 0.15) is 65.1 Å². The number of hydrogen-bond acceptors (Lipinski definition) is 5. The molecule has 0 saturated heterocycles. The van der Waals surface area contributed by atoms with Gasteiger partial charge in [-0.2, -0.15) is 4.98 Å². The molecule has 1 aromatic heterocycles. The Morgan fingerprint density at radius 2 is 2.25 bits per heavy atom. The Bertz CT molecular complexity index is 440. The highest BCUT2D eigenvalue weighted by molar-refractivity contribution is 5.07. The lowest BCUT2D eigenvalue weighted by Gasteiger charge is -2.37. The van der Waals surface area contributed by atoms with Crippen LogP contribution in [0.5, 0.6) is 0 Å². The summed E-state index contributed by atoms with van der Waals surface area (Å²) in [7, 11) is 1.89. The van der Waals surface area contributed by atoms with E-state index in [4.69, 9.17) is 9.26 Å². The fraction of sp³-hybridized carbons (Fsp3) is 0.867. The standard InChI is InChI=1S/C15H27N3O2/c1-6-19-15(9-7-8-11(2)10-15)12-17-13(20-18-12)14(3,4)16-5/h11,16H,6-10H2,1-5H3. The van der Waals surface area contributed by atoms with Gasteiger partial charge in [-0.3, -0.25) is 0 Å². The van der Waals surface area contributed by atoms with Gasteiger partial charge in [-0.15, -0.1) is 0 Å². The van der Waals surface area contributed by atoms with Crippen LogP contribution < -0.4 is 5.32 Å². The smallest absolute Gasteiger partial charge is 0.246 e. The summed E-state index contributed by atoms with van der Waals surface area (Å²) in [6.45, 7) is 9.03. The molecule has 0 amide bonds. The molecule has 0 bridgehead atoms. The molecular weight excluding hydrogens is 254 g/mol. The average Bonchev–Trinajstić information content (AvgIpc) is 2.90. The maximum Gasteiger partial charge on any atom is 0.246 e. The molecule has 114 valence electrons. The molecule has 1 aromatic rings. The van der Waals surface area contributed by atoms with E-state index in [9.17, 15) is 0 Å². The van der Waals surface area contributed by atoms with Crippen LogP contribution in [0.4, 0.5) is 0 Å². The predicted octanol–water partition coefficient (Wildman–Crippen LogP) is 2.97. The van der Waals surface area contributed by atoms with Crippen molar-refractivity contribution in [2.45, 2.75) is 64.5 Å². The topological polar surface area (TPSA) is 60.2 Å². The van der Waals surface area contributed by atoms with E-state index in [0.717, 1.165) is 19.3 Å². The Kier molecular flexibility index (Phi) is 4.49. The molecule has 0 aromatic carbocycles. The predicted molar refractivity (Wildman–Crippen MR) is 77.3 cm³/mol. The molecule has 1 fully saturated rings. The minimum absolute atomic E-state index is 0.320. The molecule has 1 N–H and O–H groups in total. The number of nitrogens with one attached hydrogen (secondary N) is 1. The van der Waals surface area contributed by atoms with E-state index in [2.05, 4.69) is 22.4 Å². The van der Waals surface area contributed by atoms with Crippen LogP contribution in [-0.2, 0) is 15.9 Å². The Labute approximate surface area is 121 Å². The van der Waals surface area contributed by atoms with E-state index in [-0.39, 0.29) is 11.1 Å². The molecule has 5 heteroatoms. The third kappa shape index (κ3) is 2.88. The van der Waals surface area contributed by atoms with Gasteiger partial charge in [0.1, 0.15) is 5.60 Å². The number of ether oxygens (including phenoxy) is 1. The first kappa shape index (κ1) is 15.4. The van der Waals surface area contributed by atoms with Crippen molar-refractivity contribution >= 4 is 0 Å². The lowest BCUT2D eigenvalue weighted by molar-refractivity contribution is -0.0891. The second-order valence-electron chi connectivity index (χ2n) is 6.43. The van der Waals surface area contributed by atoms with E-state index in [1.165, 1.54) is 6.42 Å². The van der Waals surface area contributed by atoms with Crippen molar-refractivity contribution < 1.29 is 9.26 Å². The van der Waals surface area contributed by atoms with Gasteiger partial charge in [0.15, 0.2) is 0 Å². The number of aromatic nitrogens is 2. The van der Waals surface area contributed by atoms with Crippen LogP contribution in [0.25, 0.3) is 0 Å². The Morgan fingerprint density at radius 1 is 1.50 bits per heavy atom. The first-order valence-corrected chi connectivity index (χ1v) is 7.61. The summed E-state index contributed by atoms with van der Waals surface area (Å²) < 4.78 is 11.6. The van der Waals surface area contributed by atoms with Crippen molar-refractivity contribution in [3.8, 4) is 0 Å². The molecule has 1 aliphatic carbocycles. The summed E-state index contributed by atoms with van der Waals surface area (Å²) >= 11 is 0. The molecule has 20 heavy (non-hydrogen) atoms. The molecule has 0 radical (unpaired) electrons. The quantitative estimate of drug-likeness (QED) is 0.899. The van der Waals surface area contributed by atoms with Crippen LogP contribution in [0.3, 0.4) is 0 Å². The van der Waals surface area contributed by atoms with Crippen LogP contribution in [-0.4, -0.2) is 23.8 Å². The van der Waals surface area contributed by atoms with Gasteiger partial charge in [0.05, 0.1) is 5.54 Å². The van der Waals surface area contributed by atoms with Gasteiger partial charge in [-0.1, -0.05) is 18.5 Å². The monoisotopic (exact) mass is 281 g/mol. The van der Waals surface area contributed by atoms with E-state index < -0.39 is 0 Å². The van der Waals surface area contributed by atoms with Crippen molar-refractivity contribution in [3.05, 3.63) is 11.7 Å². The van der Waals surface area contributed by atoms with Crippen LogP contribution >= 0.6 is 0 Å². The highest BCUT2D eigenvalue weighted by Gasteiger charge is 2.42. The molecule has 2 unspecified atom stereocenters. The van der Waals surface area contributed by atoms with Crippen LogP contribution in [0.15, 0.2) is 4.52 Å². The van der Waals surface area contributed by atoms with Crippen LogP contribution in [0.2, 0.25) is 0 Å². The summed E-state index contributed by atoms with van der Waals surface area (Å²) in [5.74, 6) is 1.96. The van der Waals surface area contributed by atoms with Crippen molar-refractivity contribution in [2.75, 3.05) is 13.7 Å². The Balaban J connectivity index is 2.31. The van der Waals surface area contributed by atoms with Gasteiger partial charge in [0.2, 0.25) is 11.7 Å². The van der Waals surface area contributed by atoms with E-state index >= 15 is 0 Å². The van der Waals surface area contributed by atoms with Crippen molar-refractivity contribution in [2.24, 2.45) is 5.92 Å². The maximum absolute atomic E-state index is 6.08. The molecule has 1 saturated carbocycles. The molecule has 5 nitrogen and oxygen atoms in total. The van der Waals surface area contributed by atoms with E-state index in [1.807, 2.05) is 27.8 Å². The number of rotatable bonds is 5. The van der Waals surface area contributed by atoms with Gasteiger partial charge in [0.25, 0.3) is 0 Å². The van der Waals surface area contributed by atoms with E-state index in [0.29, 0.717) is 24.2 Å². The first-order valence-electron chi connectivity index (χ1n) is 7.61. The van der Waals surface area contributed by atoms with E-state index in [1.54, 1.807) is 0 Å². The zero-order valence-electron chi connectivity index (χ0n) is 13.3. The zero-order valence-corrected chi connectivity index (χ0v) is 13.3. The minimum Gasteiger partial charge on any atom is -0.367 e. The van der Waals surface area contributed by atoms with Crippen LogP contribution in [0, 0.1) is 5.92 Å². The largest absolute Gasteiger partial charge is 0.367 e. The second-order valence-corrected chi connectivity index (χ2v) is 6.43. The highest BCUT2D eigenvalue weighted by Crippen LogP contribution is 2.42. The normalized spacial score (nSPS) is 27.8. The third-order valence-electron chi connectivity index (χ3n) is 4.37. The Morgan fingerprint density at radius 3 is 2.85 bits per heavy atom. The molecule has 1 aliphatic rings. The lowest BCUT2D eigenvalue weighted by atomic mass is 9.78. The molecule has 0 spiro atoms. The molecular formula is C15H27N3O2. The molecule has 2 rings (SSSR count). The molecule has 1 heterocycles. The maximum atomic E-state index is 6.08. The SMILES string of the molecule is CCOC1(c2noc(C(C)(C)NC)n2)CCCC(C)C1. The van der Waals surface area contributed by atoms with Crippen molar-refractivity contribution in [1.82, 2.24) is 15.5 Å². The summed E-state index contributed by atoms with van der Waals surface area (Å²) in [6.07, 6.45) is 4.35. The third-order valence-corrected chi connectivity index (χ3v) is 4.37. The summed E-state index contributed by atoms with van der Waals surface area (Å²) in [5, 5.41) is 7.42.